The summed E-state index contributed by atoms with van der Waals surface area (Å²) >= 11 is 0. The van der Waals surface area contributed by atoms with E-state index in [2.05, 4.69) is 10.3 Å². The molecule has 2 aromatic rings. The van der Waals surface area contributed by atoms with Crippen molar-refractivity contribution in [2.45, 2.75) is 37.6 Å². The third-order valence-corrected chi connectivity index (χ3v) is 5.56. The molecule has 4 N–H and O–H groups in total. The zero-order chi connectivity index (χ0) is 23.1. The van der Waals surface area contributed by atoms with Gasteiger partial charge in [0.2, 0.25) is 0 Å². The topological polar surface area (TPSA) is 115 Å². The standard InChI is InChI=1S/C20H19F4N3O4/c1-9-15(12-4-3-10(21)7-14(12)28)16(31-19(9,2)20(22,23)24)18(30)27-11-5-6-26-13(8-11)17(25)29/h3-9,15-16,28H,1-2H3,(H2,25,29)(H,26,27,30)/t9-,15-,16-,19+/m0/s1. The van der Waals surface area contributed by atoms with Crippen molar-refractivity contribution in [3.8, 4) is 5.75 Å². The number of hydrogen-bond acceptors (Lipinski definition) is 5. The minimum atomic E-state index is -4.83. The molecule has 0 spiro atoms. The van der Waals surface area contributed by atoms with Crippen LogP contribution in [-0.4, -0.2) is 39.8 Å². The van der Waals surface area contributed by atoms with E-state index in [-0.39, 0.29) is 16.9 Å². The molecule has 2 heterocycles. The predicted octanol–water partition coefficient (Wildman–Crippen LogP) is 3.10. The number of carbonyl (C=O) groups is 2. The number of halogens is 4. The molecule has 1 aliphatic heterocycles. The van der Waals surface area contributed by atoms with E-state index in [1.807, 2.05) is 0 Å². The van der Waals surface area contributed by atoms with Gasteiger partial charge in [-0.05, 0) is 25.1 Å². The average molecular weight is 441 g/mol. The molecule has 1 fully saturated rings. The normalized spacial score (nSPS) is 25.9. The van der Waals surface area contributed by atoms with Crippen LogP contribution in [0.3, 0.4) is 0 Å². The quantitative estimate of drug-likeness (QED) is 0.631. The number of phenols is 1. The number of rotatable bonds is 4. The lowest BCUT2D eigenvalue weighted by Gasteiger charge is -2.31. The summed E-state index contributed by atoms with van der Waals surface area (Å²) in [6.07, 6.45) is -5.31. The average Bonchev–Trinajstić information content (AvgIpc) is 2.94. The Morgan fingerprint density at radius 2 is 1.94 bits per heavy atom. The number of aromatic nitrogens is 1. The second-order valence-corrected chi connectivity index (χ2v) is 7.44. The summed E-state index contributed by atoms with van der Waals surface area (Å²) in [6, 6.07) is 5.32. The number of nitrogens with zero attached hydrogens (tertiary/aromatic N) is 1. The minimum absolute atomic E-state index is 0.0606. The smallest absolute Gasteiger partial charge is 0.417 e. The molecule has 1 aromatic heterocycles. The molecule has 7 nitrogen and oxygen atoms in total. The first kappa shape index (κ1) is 22.5. The molecule has 0 aliphatic carbocycles. The van der Waals surface area contributed by atoms with Crippen LogP contribution in [0, 0.1) is 11.7 Å². The van der Waals surface area contributed by atoms with Crippen LogP contribution in [0.15, 0.2) is 36.5 Å². The van der Waals surface area contributed by atoms with Crippen molar-refractivity contribution in [3.63, 3.8) is 0 Å². The Bertz CT molecular complexity index is 1030. The van der Waals surface area contributed by atoms with Crippen LogP contribution < -0.4 is 11.1 Å². The maximum Gasteiger partial charge on any atom is 0.417 e. The number of amides is 2. The summed E-state index contributed by atoms with van der Waals surface area (Å²) < 4.78 is 60.1. The zero-order valence-electron chi connectivity index (χ0n) is 16.4. The monoisotopic (exact) mass is 441 g/mol. The Labute approximate surface area is 174 Å². The summed E-state index contributed by atoms with van der Waals surface area (Å²) in [7, 11) is 0. The van der Waals surface area contributed by atoms with Gasteiger partial charge in [-0.15, -0.1) is 0 Å². The van der Waals surface area contributed by atoms with Crippen LogP contribution in [0.1, 0.15) is 35.8 Å². The molecular formula is C20H19F4N3O4. The summed E-state index contributed by atoms with van der Waals surface area (Å²) in [5.74, 6) is -5.74. The summed E-state index contributed by atoms with van der Waals surface area (Å²) in [5, 5.41) is 12.5. The van der Waals surface area contributed by atoms with Gasteiger partial charge in [0, 0.05) is 35.3 Å². The first-order chi connectivity index (χ1) is 14.3. The molecule has 1 aromatic carbocycles. The van der Waals surface area contributed by atoms with Crippen LogP contribution >= 0.6 is 0 Å². The van der Waals surface area contributed by atoms with Crippen molar-refractivity contribution < 1.29 is 37.0 Å². The molecular weight excluding hydrogens is 422 g/mol. The van der Waals surface area contributed by atoms with Crippen molar-refractivity contribution in [2.24, 2.45) is 11.7 Å². The lowest BCUT2D eigenvalue weighted by Crippen LogP contribution is -2.47. The fourth-order valence-corrected chi connectivity index (χ4v) is 3.68. The first-order valence-electron chi connectivity index (χ1n) is 9.15. The van der Waals surface area contributed by atoms with Gasteiger partial charge in [-0.1, -0.05) is 13.0 Å². The van der Waals surface area contributed by atoms with Gasteiger partial charge < -0.3 is 20.9 Å². The van der Waals surface area contributed by atoms with Crippen molar-refractivity contribution >= 4 is 17.5 Å². The molecule has 0 bridgehead atoms. The van der Waals surface area contributed by atoms with E-state index in [0.717, 1.165) is 31.2 Å². The Kier molecular flexibility index (Phi) is 5.66. The lowest BCUT2D eigenvalue weighted by molar-refractivity contribution is -0.272. The number of aromatic hydroxyl groups is 1. The van der Waals surface area contributed by atoms with Gasteiger partial charge in [0.1, 0.15) is 23.4 Å². The van der Waals surface area contributed by atoms with Crippen molar-refractivity contribution in [1.82, 2.24) is 4.98 Å². The SMILES string of the molecule is C[C@H]1[C@@H](c2ccc(F)cc2O)[C@@H](C(=O)Nc2ccnc(C(N)=O)c2)O[C@@]1(C)C(F)(F)F. The number of pyridine rings is 1. The van der Waals surface area contributed by atoms with Crippen LogP contribution in [0.5, 0.6) is 5.75 Å². The summed E-state index contributed by atoms with van der Waals surface area (Å²) in [6.45, 7) is 2.06. The van der Waals surface area contributed by atoms with E-state index in [1.54, 1.807) is 0 Å². The van der Waals surface area contributed by atoms with Gasteiger partial charge >= 0.3 is 6.18 Å². The van der Waals surface area contributed by atoms with Gasteiger partial charge in [0.25, 0.3) is 11.8 Å². The number of hydrogen-bond donors (Lipinski definition) is 3. The maximum atomic E-state index is 13.8. The van der Waals surface area contributed by atoms with Gasteiger partial charge in [-0.25, -0.2) is 4.39 Å². The van der Waals surface area contributed by atoms with E-state index >= 15 is 0 Å². The molecule has 2 amide bonds. The van der Waals surface area contributed by atoms with Crippen LogP contribution in [0.2, 0.25) is 0 Å². The molecule has 4 atom stereocenters. The Hall–Kier alpha value is -3.21. The van der Waals surface area contributed by atoms with Gasteiger partial charge in [-0.3, -0.25) is 14.6 Å². The minimum Gasteiger partial charge on any atom is -0.508 e. The highest BCUT2D eigenvalue weighted by molar-refractivity contribution is 5.97. The molecule has 0 radical (unpaired) electrons. The number of carbonyl (C=O) groups excluding carboxylic acids is 2. The number of benzene rings is 1. The van der Waals surface area contributed by atoms with Gasteiger partial charge in [-0.2, -0.15) is 13.2 Å². The lowest BCUT2D eigenvalue weighted by atomic mass is 9.77. The van der Waals surface area contributed by atoms with Crippen molar-refractivity contribution in [3.05, 3.63) is 53.6 Å². The fraction of sp³-hybridized carbons (Fsp3) is 0.350. The molecule has 3 rings (SSSR count). The number of ether oxygens (including phenoxy) is 1. The highest BCUT2D eigenvalue weighted by Crippen LogP contribution is 2.54. The molecule has 0 unspecified atom stereocenters. The zero-order valence-corrected chi connectivity index (χ0v) is 16.4. The van der Waals surface area contributed by atoms with E-state index in [0.29, 0.717) is 0 Å². The Morgan fingerprint density at radius 3 is 2.52 bits per heavy atom. The van der Waals surface area contributed by atoms with E-state index in [9.17, 15) is 32.3 Å². The number of phenolic OH excluding ortho intramolecular Hbond substituents is 1. The van der Waals surface area contributed by atoms with Gasteiger partial charge in [0.05, 0.1) is 0 Å². The number of nitrogens with one attached hydrogen (secondary N) is 1. The molecule has 1 aliphatic rings. The molecule has 31 heavy (non-hydrogen) atoms. The van der Waals surface area contributed by atoms with Crippen LogP contribution in [0.4, 0.5) is 23.2 Å². The number of primary amides is 1. The number of alkyl halides is 3. The second kappa shape index (κ2) is 7.80. The molecule has 0 saturated carbocycles. The first-order valence-corrected chi connectivity index (χ1v) is 9.15. The summed E-state index contributed by atoms with van der Waals surface area (Å²) in [5.41, 5.74) is 2.27. The fourth-order valence-electron chi connectivity index (χ4n) is 3.68. The van der Waals surface area contributed by atoms with E-state index in [1.165, 1.54) is 19.2 Å². The van der Waals surface area contributed by atoms with E-state index < -0.39 is 53.1 Å². The predicted molar refractivity (Wildman–Crippen MR) is 101 cm³/mol. The highest BCUT2D eigenvalue weighted by atomic mass is 19.4. The van der Waals surface area contributed by atoms with Gasteiger partial charge in [0.15, 0.2) is 5.60 Å². The Morgan fingerprint density at radius 1 is 1.26 bits per heavy atom. The third kappa shape index (κ3) is 4.05. The van der Waals surface area contributed by atoms with E-state index in [4.69, 9.17) is 10.5 Å². The Balaban J connectivity index is 2.01. The largest absolute Gasteiger partial charge is 0.508 e. The van der Waals surface area contributed by atoms with Crippen molar-refractivity contribution in [2.75, 3.05) is 5.32 Å². The molecule has 166 valence electrons. The highest BCUT2D eigenvalue weighted by Gasteiger charge is 2.65. The molecule has 1 saturated heterocycles. The number of anilines is 1. The third-order valence-electron chi connectivity index (χ3n) is 5.56. The maximum absolute atomic E-state index is 13.8. The van der Waals surface area contributed by atoms with Crippen LogP contribution in [0.25, 0.3) is 0 Å². The number of nitrogens with two attached hydrogens (primary N) is 1. The summed E-state index contributed by atoms with van der Waals surface area (Å²) in [4.78, 5) is 27.9. The van der Waals surface area contributed by atoms with Crippen molar-refractivity contribution in [1.29, 1.82) is 0 Å². The van der Waals surface area contributed by atoms with Crippen LogP contribution in [-0.2, 0) is 9.53 Å². The molecule has 11 heteroatoms. The second-order valence-electron chi connectivity index (χ2n) is 7.44.